The number of hydrogen-bond acceptors (Lipinski definition) is 6. The van der Waals surface area contributed by atoms with E-state index in [9.17, 15) is 4.79 Å². The van der Waals surface area contributed by atoms with Crippen LogP contribution in [0.3, 0.4) is 0 Å². The molecule has 0 aliphatic heterocycles. The van der Waals surface area contributed by atoms with Gasteiger partial charge in [-0.3, -0.25) is 14.8 Å². The SMILES string of the molecule is CCc1nnnn1-c1cc(C(=O)N[C@H](C)Cc2cnccn2)cc(-c2ccc(C)cc2)c1. The Kier molecular flexibility index (Phi) is 6.30. The number of amides is 1. The van der Waals surface area contributed by atoms with Gasteiger partial charge in [-0.25, -0.2) is 0 Å². The molecule has 32 heavy (non-hydrogen) atoms. The first-order valence-electron chi connectivity index (χ1n) is 10.6. The van der Waals surface area contributed by atoms with Gasteiger partial charge >= 0.3 is 0 Å². The van der Waals surface area contributed by atoms with Crippen molar-refractivity contribution in [2.75, 3.05) is 0 Å². The molecule has 0 bridgehead atoms. The van der Waals surface area contributed by atoms with Gasteiger partial charge in [0.05, 0.1) is 11.4 Å². The Balaban J connectivity index is 1.67. The summed E-state index contributed by atoms with van der Waals surface area (Å²) in [5.74, 6) is 0.566. The lowest BCUT2D eigenvalue weighted by atomic mass is 10.00. The van der Waals surface area contributed by atoms with Crippen LogP contribution in [0.25, 0.3) is 16.8 Å². The summed E-state index contributed by atoms with van der Waals surface area (Å²) in [5, 5.41) is 15.1. The van der Waals surface area contributed by atoms with E-state index < -0.39 is 0 Å². The summed E-state index contributed by atoms with van der Waals surface area (Å²) in [5.41, 5.74) is 5.24. The second-order valence-electron chi connectivity index (χ2n) is 7.77. The highest BCUT2D eigenvalue weighted by Crippen LogP contribution is 2.25. The van der Waals surface area contributed by atoms with Gasteiger partial charge in [-0.05, 0) is 53.6 Å². The molecule has 0 radical (unpaired) electrons. The molecule has 0 saturated heterocycles. The van der Waals surface area contributed by atoms with E-state index in [-0.39, 0.29) is 11.9 Å². The fraction of sp³-hybridized carbons (Fsp3) is 0.250. The molecule has 2 heterocycles. The summed E-state index contributed by atoms with van der Waals surface area (Å²) >= 11 is 0. The Morgan fingerprint density at radius 1 is 1.09 bits per heavy atom. The third-order valence-corrected chi connectivity index (χ3v) is 5.17. The molecule has 8 nitrogen and oxygen atoms in total. The van der Waals surface area contributed by atoms with Gasteiger partial charge in [0.15, 0.2) is 5.82 Å². The number of tetrazole rings is 1. The van der Waals surface area contributed by atoms with Gasteiger partial charge in [-0.15, -0.1) is 5.10 Å². The largest absolute Gasteiger partial charge is 0.349 e. The van der Waals surface area contributed by atoms with Crippen LogP contribution in [0.5, 0.6) is 0 Å². The van der Waals surface area contributed by atoms with Crippen LogP contribution in [-0.4, -0.2) is 42.1 Å². The normalized spacial score (nSPS) is 11.8. The fourth-order valence-electron chi connectivity index (χ4n) is 3.51. The van der Waals surface area contributed by atoms with Gasteiger partial charge in [0.2, 0.25) is 0 Å². The van der Waals surface area contributed by atoms with Gasteiger partial charge in [0.25, 0.3) is 5.91 Å². The first-order valence-corrected chi connectivity index (χ1v) is 10.6. The first-order chi connectivity index (χ1) is 15.5. The van der Waals surface area contributed by atoms with Crippen LogP contribution in [0.2, 0.25) is 0 Å². The predicted molar refractivity (Wildman–Crippen MR) is 121 cm³/mol. The lowest BCUT2D eigenvalue weighted by Gasteiger charge is -2.15. The van der Waals surface area contributed by atoms with Crippen molar-refractivity contribution in [2.24, 2.45) is 0 Å². The van der Waals surface area contributed by atoms with Gasteiger partial charge in [0, 0.05) is 43.0 Å². The van der Waals surface area contributed by atoms with Crippen molar-refractivity contribution in [3.8, 4) is 16.8 Å². The van der Waals surface area contributed by atoms with E-state index in [1.54, 1.807) is 23.3 Å². The second-order valence-corrected chi connectivity index (χ2v) is 7.77. The first kappa shape index (κ1) is 21.3. The lowest BCUT2D eigenvalue weighted by Crippen LogP contribution is -2.34. The molecule has 2 aromatic carbocycles. The number of hydrogen-bond donors (Lipinski definition) is 1. The molecule has 4 aromatic rings. The Hall–Kier alpha value is -3.94. The molecule has 0 unspecified atom stereocenters. The van der Waals surface area contributed by atoms with E-state index >= 15 is 0 Å². The fourth-order valence-corrected chi connectivity index (χ4v) is 3.51. The second kappa shape index (κ2) is 9.47. The molecular weight excluding hydrogens is 402 g/mol. The molecular formula is C24H25N7O. The molecule has 0 saturated carbocycles. The Labute approximate surface area is 186 Å². The van der Waals surface area contributed by atoms with Gasteiger partial charge in [0.1, 0.15) is 0 Å². The van der Waals surface area contributed by atoms with E-state index in [2.05, 4.69) is 42.9 Å². The third-order valence-electron chi connectivity index (χ3n) is 5.17. The minimum Gasteiger partial charge on any atom is -0.349 e. The zero-order chi connectivity index (χ0) is 22.5. The summed E-state index contributed by atoms with van der Waals surface area (Å²) < 4.78 is 1.68. The molecule has 2 aromatic heterocycles. The van der Waals surface area contributed by atoms with Crippen LogP contribution in [-0.2, 0) is 12.8 Å². The molecule has 8 heteroatoms. The number of rotatable bonds is 7. The van der Waals surface area contributed by atoms with Crippen molar-refractivity contribution in [3.05, 3.63) is 83.7 Å². The van der Waals surface area contributed by atoms with Crippen molar-refractivity contribution in [2.45, 2.75) is 39.7 Å². The molecule has 0 fully saturated rings. The molecule has 0 aliphatic carbocycles. The zero-order valence-electron chi connectivity index (χ0n) is 18.4. The standard InChI is InChI=1S/C24H25N7O/c1-4-23-28-29-30-31(23)22-13-19(18-7-5-16(2)6-8-18)12-20(14-22)24(32)27-17(3)11-21-15-25-9-10-26-21/h5-10,12-15,17H,4,11H2,1-3H3,(H,27,32)/t17-/m1/s1. The number of carbonyl (C=O) groups is 1. The average molecular weight is 428 g/mol. The van der Waals surface area contributed by atoms with Crippen LogP contribution in [0.1, 0.15) is 41.3 Å². The number of nitrogens with zero attached hydrogens (tertiary/aromatic N) is 6. The molecule has 0 spiro atoms. The highest BCUT2D eigenvalue weighted by atomic mass is 16.1. The molecule has 162 valence electrons. The van der Waals surface area contributed by atoms with E-state index in [0.717, 1.165) is 28.3 Å². The molecule has 1 N–H and O–H groups in total. The zero-order valence-corrected chi connectivity index (χ0v) is 18.4. The topological polar surface area (TPSA) is 98.5 Å². The molecule has 4 rings (SSSR count). The molecule has 0 aliphatic rings. The molecule has 1 atom stereocenters. The maximum atomic E-state index is 13.2. The Morgan fingerprint density at radius 3 is 2.62 bits per heavy atom. The van der Waals surface area contributed by atoms with Crippen molar-refractivity contribution in [1.29, 1.82) is 0 Å². The lowest BCUT2D eigenvalue weighted by molar-refractivity contribution is 0.0940. The maximum absolute atomic E-state index is 13.2. The third kappa shape index (κ3) is 4.85. The number of aryl methyl sites for hydroxylation is 2. The number of benzene rings is 2. The van der Waals surface area contributed by atoms with E-state index in [0.29, 0.717) is 18.4 Å². The molecule has 1 amide bonds. The van der Waals surface area contributed by atoms with Crippen LogP contribution in [0, 0.1) is 6.92 Å². The van der Waals surface area contributed by atoms with Crippen molar-refractivity contribution >= 4 is 5.91 Å². The maximum Gasteiger partial charge on any atom is 0.251 e. The highest BCUT2D eigenvalue weighted by Gasteiger charge is 2.16. The Bertz CT molecular complexity index is 1200. The summed E-state index contributed by atoms with van der Waals surface area (Å²) in [7, 11) is 0. The summed E-state index contributed by atoms with van der Waals surface area (Å²) in [4.78, 5) is 21.5. The number of nitrogens with one attached hydrogen (secondary N) is 1. The van der Waals surface area contributed by atoms with Crippen molar-refractivity contribution in [3.63, 3.8) is 0 Å². The van der Waals surface area contributed by atoms with Crippen LogP contribution < -0.4 is 5.32 Å². The van der Waals surface area contributed by atoms with E-state index in [1.165, 1.54) is 5.56 Å². The number of aromatic nitrogens is 6. The quantitative estimate of drug-likeness (QED) is 0.486. The van der Waals surface area contributed by atoms with E-state index in [1.807, 2.05) is 51.1 Å². The monoisotopic (exact) mass is 427 g/mol. The van der Waals surface area contributed by atoms with E-state index in [4.69, 9.17) is 0 Å². The summed E-state index contributed by atoms with van der Waals surface area (Å²) in [6.07, 6.45) is 6.27. The van der Waals surface area contributed by atoms with Crippen molar-refractivity contribution in [1.82, 2.24) is 35.5 Å². The Morgan fingerprint density at radius 2 is 1.91 bits per heavy atom. The average Bonchev–Trinajstić information content (AvgIpc) is 3.29. The minimum absolute atomic E-state index is 0.107. The van der Waals surface area contributed by atoms with Crippen LogP contribution >= 0.6 is 0 Å². The predicted octanol–water partition coefficient (Wildman–Crippen LogP) is 3.35. The van der Waals surface area contributed by atoms with Gasteiger partial charge in [-0.1, -0.05) is 36.8 Å². The van der Waals surface area contributed by atoms with Crippen LogP contribution in [0.4, 0.5) is 0 Å². The highest BCUT2D eigenvalue weighted by molar-refractivity contribution is 5.96. The minimum atomic E-state index is -0.164. The summed E-state index contributed by atoms with van der Waals surface area (Å²) in [6.45, 7) is 5.99. The van der Waals surface area contributed by atoms with Gasteiger partial charge < -0.3 is 5.32 Å². The number of carbonyl (C=O) groups excluding carboxylic acids is 1. The van der Waals surface area contributed by atoms with Crippen molar-refractivity contribution < 1.29 is 4.79 Å². The summed E-state index contributed by atoms with van der Waals surface area (Å²) in [6, 6.07) is 13.8. The van der Waals surface area contributed by atoms with Gasteiger partial charge in [-0.2, -0.15) is 4.68 Å². The van der Waals surface area contributed by atoms with Crippen LogP contribution in [0.15, 0.2) is 61.1 Å². The smallest absolute Gasteiger partial charge is 0.251 e.